The van der Waals surface area contributed by atoms with Crippen molar-refractivity contribution in [1.82, 2.24) is 15.1 Å². The Bertz CT molecular complexity index is 361. The van der Waals surface area contributed by atoms with Crippen LogP contribution in [0.2, 0.25) is 0 Å². The number of hydrogen-bond donors (Lipinski definition) is 2. The first kappa shape index (κ1) is 16.2. The molecule has 1 aliphatic heterocycles. The highest BCUT2D eigenvalue weighted by atomic mass is 16.5. The van der Waals surface area contributed by atoms with E-state index >= 15 is 0 Å². The van der Waals surface area contributed by atoms with Gasteiger partial charge in [-0.15, -0.1) is 0 Å². The van der Waals surface area contributed by atoms with Crippen LogP contribution in [0, 0.1) is 0 Å². The van der Waals surface area contributed by atoms with E-state index in [1.807, 2.05) is 4.90 Å². The second-order valence-corrected chi connectivity index (χ2v) is 4.57. The summed E-state index contributed by atoms with van der Waals surface area (Å²) in [7, 11) is 1.30. The minimum Gasteiger partial charge on any atom is -0.480 e. The second kappa shape index (κ2) is 8.36. The average Bonchev–Trinajstić information content (AvgIpc) is 2.63. The maximum absolute atomic E-state index is 11.9. The van der Waals surface area contributed by atoms with Gasteiger partial charge in [-0.1, -0.05) is 0 Å². The Labute approximate surface area is 117 Å². The number of carbonyl (C=O) groups is 3. The van der Waals surface area contributed by atoms with Gasteiger partial charge in [-0.2, -0.15) is 0 Å². The van der Waals surface area contributed by atoms with Crippen molar-refractivity contribution in [2.24, 2.45) is 0 Å². The quantitative estimate of drug-likeness (QED) is 0.652. The first-order valence-electron chi connectivity index (χ1n) is 6.56. The molecule has 1 aliphatic rings. The van der Waals surface area contributed by atoms with E-state index in [9.17, 15) is 14.4 Å². The van der Waals surface area contributed by atoms with Crippen LogP contribution in [0.5, 0.6) is 0 Å². The van der Waals surface area contributed by atoms with E-state index in [2.05, 4.69) is 10.1 Å². The van der Waals surface area contributed by atoms with Crippen molar-refractivity contribution in [2.45, 2.75) is 12.8 Å². The van der Waals surface area contributed by atoms with Gasteiger partial charge in [-0.05, 0) is 6.42 Å². The maximum atomic E-state index is 11.9. The van der Waals surface area contributed by atoms with E-state index in [0.29, 0.717) is 26.2 Å². The monoisotopic (exact) mass is 287 g/mol. The molecule has 20 heavy (non-hydrogen) atoms. The number of esters is 1. The van der Waals surface area contributed by atoms with Gasteiger partial charge in [0.25, 0.3) is 0 Å². The number of nitrogens with one attached hydrogen (secondary N) is 1. The zero-order valence-electron chi connectivity index (χ0n) is 11.6. The molecule has 0 unspecified atom stereocenters. The molecular formula is C12H21N3O5. The number of carboxylic acids is 1. The molecule has 0 aliphatic carbocycles. The summed E-state index contributed by atoms with van der Waals surface area (Å²) in [6.45, 7) is 2.51. The van der Waals surface area contributed by atoms with E-state index in [-0.39, 0.29) is 31.5 Å². The Kier molecular flexibility index (Phi) is 6.78. The van der Waals surface area contributed by atoms with Crippen LogP contribution >= 0.6 is 0 Å². The van der Waals surface area contributed by atoms with Crippen LogP contribution in [-0.4, -0.2) is 79.3 Å². The lowest BCUT2D eigenvalue weighted by Crippen LogP contribution is -2.43. The van der Waals surface area contributed by atoms with Crippen molar-refractivity contribution >= 4 is 18.0 Å². The standard InChI is InChI=1S/C12H21N3O5/c1-20-11(18)3-4-13-12(19)15-6-2-5-14(7-8-15)9-10(16)17/h2-9H2,1H3,(H,13,19)(H,16,17). The van der Waals surface area contributed by atoms with E-state index in [0.717, 1.165) is 6.42 Å². The van der Waals surface area contributed by atoms with Crippen molar-refractivity contribution in [1.29, 1.82) is 0 Å². The Morgan fingerprint density at radius 1 is 1.20 bits per heavy atom. The fourth-order valence-electron chi connectivity index (χ4n) is 2.01. The highest BCUT2D eigenvalue weighted by Gasteiger charge is 2.20. The molecule has 0 saturated carbocycles. The number of carbonyl (C=O) groups excluding carboxylic acids is 2. The predicted octanol–water partition coefficient (Wildman–Crippen LogP) is -0.649. The fraction of sp³-hybridized carbons (Fsp3) is 0.750. The van der Waals surface area contributed by atoms with E-state index in [1.54, 1.807) is 4.90 Å². The summed E-state index contributed by atoms with van der Waals surface area (Å²) < 4.78 is 4.48. The zero-order valence-corrected chi connectivity index (χ0v) is 11.6. The minimum atomic E-state index is -0.860. The van der Waals surface area contributed by atoms with Crippen LogP contribution in [0.4, 0.5) is 4.79 Å². The number of rotatable bonds is 5. The van der Waals surface area contributed by atoms with Crippen LogP contribution in [-0.2, 0) is 14.3 Å². The molecule has 0 bridgehead atoms. The molecule has 1 heterocycles. The topological polar surface area (TPSA) is 99.2 Å². The SMILES string of the molecule is COC(=O)CCNC(=O)N1CCCN(CC(=O)O)CC1. The minimum absolute atomic E-state index is 0.00218. The summed E-state index contributed by atoms with van der Waals surface area (Å²) >= 11 is 0. The lowest BCUT2D eigenvalue weighted by atomic mass is 10.4. The first-order chi connectivity index (χ1) is 9.52. The molecule has 2 amide bonds. The van der Waals surface area contributed by atoms with E-state index in [4.69, 9.17) is 5.11 Å². The Balaban J connectivity index is 2.31. The molecule has 1 fully saturated rings. The van der Waals surface area contributed by atoms with Crippen LogP contribution in [0.25, 0.3) is 0 Å². The highest BCUT2D eigenvalue weighted by molar-refractivity contribution is 5.75. The second-order valence-electron chi connectivity index (χ2n) is 4.57. The smallest absolute Gasteiger partial charge is 0.317 e. The van der Waals surface area contributed by atoms with Crippen molar-refractivity contribution in [3.8, 4) is 0 Å². The molecule has 0 aromatic rings. The van der Waals surface area contributed by atoms with Gasteiger partial charge in [-0.3, -0.25) is 14.5 Å². The Morgan fingerprint density at radius 2 is 1.95 bits per heavy atom. The molecule has 114 valence electrons. The number of hydrogen-bond acceptors (Lipinski definition) is 5. The van der Waals surface area contributed by atoms with Crippen molar-refractivity contribution in [2.75, 3.05) is 46.4 Å². The largest absolute Gasteiger partial charge is 0.480 e. The van der Waals surface area contributed by atoms with Gasteiger partial charge >= 0.3 is 18.0 Å². The number of amides is 2. The summed E-state index contributed by atoms with van der Waals surface area (Å²) in [5, 5.41) is 11.4. The van der Waals surface area contributed by atoms with Crippen molar-refractivity contribution < 1.29 is 24.2 Å². The number of aliphatic carboxylic acids is 1. The normalized spacial score (nSPS) is 16.4. The Hall–Kier alpha value is -1.83. The lowest BCUT2D eigenvalue weighted by Gasteiger charge is -2.21. The third-order valence-corrected chi connectivity index (χ3v) is 3.07. The molecule has 0 atom stereocenters. The van der Waals surface area contributed by atoms with Crippen molar-refractivity contribution in [3.05, 3.63) is 0 Å². The predicted molar refractivity (Wildman–Crippen MR) is 70.3 cm³/mol. The highest BCUT2D eigenvalue weighted by Crippen LogP contribution is 2.03. The molecule has 0 aromatic heterocycles. The molecule has 0 radical (unpaired) electrons. The van der Waals surface area contributed by atoms with Gasteiger partial charge in [0.1, 0.15) is 0 Å². The average molecular weight is 287 g/mol. The summed E-state index contributed by atoms with van der Waals surface area (Å²) in [5.74, 6) is -1.23. The number of nitrogens with zero attached hydrogens (tertiary/aromatic N) is 2. The van der Waals surface area contributed by atoms with Gasteiger partial charge < -0.3 is 20.1 Å². The molecule has 0 aromatic carbocycles. The van der Waals surface area contributed by atoms with Crippen LogP contribution < -0.4 is 5.32 Å². The molecule has 1 rings (SSSR count). The number of methoxy groups -OCH3 is 1. The lowest BCUT2D eigenvalue weighted by molar-refractivity contribution is -0.140. The molecule has 8 nitrogen and oxygen atoms in total. The third kappa shape index (κ3) is 5.87. The summed E-state index contributed by atoms with van der Waals surface area (Å²) in [4.78, 5) is 36.9. The van der Waals surface area contributed by atoms with Gasteiger partial charge in [0.15, 0.2) is 0 Å². The Morgan fingerprint density at radius 3 is 2.60 bits per heavy atom. The summed E-state index contributed by atoms with van der Waals surface area (Å²) in [6, 6.07) is -0.230. The van der Waals surface area contributed by atoms with Crippen LogP contribution in [0.1, 0.15) is 12.8 Å². The summed E-state index contributed by atoms with van der Waals surface area (Å²) in [6.07, 6.45) is 0.874. The molecule has 2 N–H and O–H groups in total. The third-order valence-electron chi connectivity index (χ3n) is 3.07. The first-order valence-corrected chi connectivity index (χ1v) is 6.56. The van der Waals surface area contributed by atoms with Gasteiger partial charge in [0, 0.05) is 32.7 Å². The maximum Gasteiger partial charge on any atom is 0.317 e. The molecule has 0 spiro atoms. The molecule has 8 heteroatoms. The molecular weight excluding hydrogens is 266 g/mol. The molecule has 1 saturated heterocycles. The van der Waals surface area contributed by atoms with Crippen molar-refractivity contribution in [3.63, 3.8) is 0 Å². The van der Waals surface area contributed by atoms with Crippen LogP contribution in [0.15, 0.2) is 0 Å². The van der Waals surface area contributed by atoms with Crippen LogP contribution in [0.3, 0.4) is 0 Å². The number of ether oxygens (including phenoxy) is 1. The number of carboxylic acid groups (broad SMARTS) is 1. The van der Waals surface area contributed by atoms with Gasteiger partial charge in [0.2, 0.25) is 0 Å². The fourth-order valence-corrected chi connectivity index (χ4v) is 2.01. The zero-order chi connectivity index (χ0) is 15.0. The van der Waals surface area contributed by atoms with Gasteiger partial charge in [-0.25, -0.2) is 4.79 Å². The number of urea groups is 1. The van der Waals surface area contributed by atoms with E-state index in [1.165, 1.54) is 7.11 Å². The summed E-state index contributed by atoms with van der Waals surface area (Å²) in [5.41, 5.74) is 0. The van der Waals surface area contributed by atoms with Gasteiger partial charge in [0.05, 0.1) is 20.1 Å². The van der Waals surface area contributed by atoms with E-state index < -0.39 is 5.97 Å².